The third-order valence-corrected chi connectivity index (χ3v) is 3.97. The van der Waals surface area contributed by atoms with E-state index in [1.54, 1.807) is 0 Å². The molecule has 2 heterocycles. The molecule has 1 aromatic carbocycles. The quantitative estimate of drug-likeness (QED) is 0.922. The summed E-state index contributed by atoms with van der Waals surface area (Å²) in [5.74, 6) is 0.465. The van der Waals surface area contributed by atoms with E-state index in [0.717, 1.165) is 23.0 Å². The number of hydrogen-bond acceptors (Lipinski definition) is 3. The first-order valence-corrected chi connectivity index (χ1v) is 8.20. The topological polar surface area (TPSA) is 52.5 Å². The number of rotatable bonds is 5. The minimum atomic E-state index is -0.0586. The standard InChI is InChI=1S/C18H24N2O3/c1-13(2)10-20-11-16(15-5-3-4-6-17(15)20)18(21)19-9-14-12-22-7-8-23-14/h3-6,11,13-14H,7-10,12H2,1-2H3,(H,19,21)/t14-/m1/s1. The second-order valence-corrected chi connectivity index (χ2v) is 6.38. The Morgan fingerprint density at radius 2 is 2.17 bits per heavy atom. The molecule has 5 heteroatoms. The molecule has 1 aliphatic rings. The van der Waals surface area contributed by atoms with E-state index in [2.05, 4.69) is 29.8 Å². The Balaban J connectivity index is 1.76. The fraction of sp³-hybridized carbons (Fsp3) is 0.500. The van der Waals surface area contributed by atoms with Gasteiger partial charge in [0.05, 0.1) is 31.5 Å². The third kappa shape index (κ3) is 3.74. The van der Waals surface area contributed by atoms with Crippen LogP contribution < -0.4 is 5.32 Å². The molecule has 124 valence electrons. The molecule has 1 N–H and O–H groups in total. The second kappa shape index (κ2) is 7.15. The molecule has 3 rings (SSSR count). The predicted octanol–water partition coefficient (Wildman–Crippen LogP) is 2.44. The first kappa shape index (κ1) is 16.0. The van der Waals surface area contributed by atoms with Crippen molar-refractivity contribution in [1.82, 2.24) is 9.88 Å². The second-order valence-electron chi connectivity index (χ2n) is 6.38. The number of nitrogens with zero attached hydrogens (tertiary/aromatic N) is 1. The predicted molar refractivity (Wildman–Crippen MR) is 89.7 cm³/mol. The molecule has 1 aliphatic heterocycles. The van der Waals surface area contributed by atoms with E-state index in [4.69, 9.17) is 9.47 Å². The SMILES string of the molecule is CC(C)Cn1cc(C(=O)NC[C@@H]2COCCO2)c2ccccc21. The van der Waals surface area contributed by atoms with Gasteiger partial charge in [-0.05, 0) is 12.0 Å². The van der Waals surface area contributed by atoms with Gasteiger partial charge in [-0.1, -0.05) is 32.0 Å². The highest BCUT2D eigenvalue weighted by Gasteiger charge is 2.18. The van der Waals surface area contributed by atoms with Crippen LogP contribution in [0, 0.1) is 5.92 Å². The zero-order chi connectivity index (χ0) is 16.2. The van der Waals surface area contributed by atoms with Crippen molar-refractivity contribution in [1.29, 1.82) is 0 Å². The highest BCUT2D eigenvalue weighted by molar-refractivity contribution is 6.07. The molecule has 0 aliphatic carbocycles. The summed E-state index contributed by atoms with van der Waals surface area (Å²) in [6, 6.07) is 8.04. The Labute approximate surface area is 136 Å². The van der Waals surface area contributed by atoms with Crippen molar-refractivity contribution in [2.45, 2.75) is 26.5 Å². The molecule has 1 aromatic heterocycles. The Morgan fingerprint density at radius 3 is 2.91 bits per heavy atom. The highest BCUT2D eigenvalue weighted by Crippen LogP contribution is 2.22. The number of nitrogens with one attached hydrogen (secondary N) is 1. The van der Waals surface area contributed by atoms with E-state index in [9.17, 15) is 4.79 Å². The van der Waals surface area contributed by atoms with E-state index in [0.29, 0.717) is 32.3 Å². The summed E-state index contributed by atoms with van der Waals surface area (Å²) in [4.78, 5) is 12.6. The van der Waals surface area contributed by atoms with E-state index < -0.39 is 0 Å². The number of hydrogen-bond donors (Lipinski definition) is 1. The van der Waals surface area contributed by atoms with Gasteiger partial charge in [0.2, 0.25) is 0 Å². The average molecular weight is 316 g/mol. The summed E-state index contributed by atoms with van der Waals surface area (Å²) in [7, 11) is 0. The molecular formula is C18H24N2O3. The van der Waals surface area contributed by atoms with Crippen LogP contribution in [-0.4, -0.2) is 42.9 Å². The fourth-order valence-electron chi connectivity index (χ4n) is 2.93. The summed E-state index contributed by atoms with van der Waals surface area (Å²) in [6.07, 6.45) is 1.90. The lowest BCUT2D eigenvalue weighted by atomic mass is 10.1. The minimum Gasteiger partial charge on any atom is -0.376 e. The molecule has 1 saturated heterocycles. The van der Waals surface area contributed by atoms with Crippen molar-refractivity contribution in [3.05, 3.63) is 36.0 Å². The normalized spacial score (nSPS) is 18.5. The summed E-state index contributed by atoms with van der Waals surface area (Å²) < 4.78 is 13.1. The summed E-state index contributed by atoms with van der Waals surface area (Å²) in [6.45, 7) is 7.48. The van der Waals surface area contributed by atoms with Crippen LogP contribution in [-0.2, 0) is 16.0 Å². The van der Waals surface area contributed by atoms with Crippen molar-refractivity contribution in [3.63, 3.8) is 0 Å². The zero-order valence-electron chi connectivity index (χ0n) is 13.7. The molecule has 0 spiro atoms. The summed E-state index contributed by atoms with van der Waals surface area (Å²) in [5.41, 5.74) is 1.82. The minimum absolute atomic E-state index is 0.0575. The Morgan fingerprint density at radius 1 is 1.35 bits per heavy atom. The molecule has 2 aromatic rings. The molecule has 0 bridgehead atoms. The van der Waals surface area contributed by atoms with Gasteiger partial charge < -0.3 is 19.4 Å². The third-order valence-electron chi connectivity index (χ3n) is 3.97. The van der Waals surface area contributed by atoms with Gasteiger partial charge in [0.1, 0.15) is 0 Å². The van der Waals surface area contributed by atoms with Crippen LogP contribution in [0.2, 0.25) is 0 Å². The molecule has 1 amide bonds. The van der Waals surface area contributed by atoms with Crippen LogP contribution in [0.3, 0.4) is 0 Å². The number of para-hydroxylation sites is 1. The molecular weight excluding hydrogens is 292 g/mol. The molecule has 0 unspecified atom stereocenters. The number of carbonyl (C=O) groups is 1. The average Bonchev–Trinajstić information content (AvgIpc) is 2.92. The molecule has 5 nitrogen and oxygen atoms in total. The lowest BCUT2D eigenvalue weighted by molar-refractivity contribution is -0.0855. The van der Waals surface area contributed by atoms with E-state index >= 15 is 0 Å². The van der Waals surface area contributed by atoms with Crippen molar-refractivity contribution in [2.75, 3.05) is 26.4 Å². The van der Waals surface area contributed by atoms with Crippen molar-refractivity contribution >= 4 is 16.8 Å². The van der Waals surface area contributed by atoms with Crippen LogP contribution >= 0.6 is 0 Å². The maximum Gasteiger partial charge on any atom is 0.253 e. The Kier molecular flexibility index (Phi) is 4.98. The van der Waals surface area contributed by atoms with Crippen LogP contribution in [0.15, 0.2) is 30.5 Å². The van der Waals surface area contributed by atoms with E-state index in [-0.39, 0.29) is 12.0 Å². The summed E-state index contributed by atoms with van der Waals surface area (Å²) in [5, 5.41) is 3.96. The van der Waals surface area contributed by atoms with Gasteiger partial charge in [0.15, 0.2) is 0 Å². The maximum atomic E-state index is 12.6. The number of amides is 1. The van der Waals surface area contributed by atoms with Crippen LogP contribution in [0.4, 0.5) is 0 Å². The number of carbonyl (C=O) groups excluding carboxylic acids is 1. The van der Waals surface area contributed by atoms with E-state index in [1.807, 2.05) is 24.4 Å². The largest absolute Gasteiger partial charge is 0.376 e. The lowest BCUT2D eigenvalue weighted by Gasteiger charge is -2.22. The monoisotopic (exact) mass is 316 g/mol. The number of ether oxygens (including phenoxy) is 2. The van der Waals surface area contributed by atoms with Gasteiger partial charge >= 0.3 is 0 Å². The van der Waals surface area contributed by atoms with Crippen molar-refractivity contribution in [3.8, 4) is 0 Å². The van der Waals surface area contributed by atoms with E-state index in [1.165, 1.54) is 0 Å². The van der Waals surface area contributed by atoms with Gasteiger partial charge in [0, 0.05) is 30.2 Å². The van der Waals surface area contributed by atoms with Gasteiger partial charge in [-0.15, -0.1) is 0 Å². The smallest absolute Gasteiger partial charge is 0.253 e. The number of benzene rings is 1. The van der Waals surface area contributed by atoms with Crippen LogP contribution in [0.25, 0.3) is 10.9 Å². The lowest BCUT2D eigenvalue weighted by Crippen LogP contribution is -2.39. The fourth-order valence-corrected chi connectivity index (χ4v) is 2.93. The van der Waals surface area contributed by atoms with Gasteiger partial charge in [-0.2, -0.15) is 0 Å². The maximum absolute atomic E-state index is 12.6. The number of aromatic nitrogens is 1. The van der Waals surface area contributed by atoms with Crippen molar-refractivity contribution < 1.29 is 14.3 Å². The first-order valence-electron chi connectivity index (χ1n) is 8.20. The molecule has 0 saturated carbocycles. The molecule has 1 atom stereocenters. The summed E-state index contributed by atoms with van der Waals surface area (Å²) >= 11 is 0. The van der Waals surface area contributed by atoms with Crippen LogP contribution in [0.5, 0.6) is 0 Å². The van der Waals surface area contributed by atoms with Gasteiger partial charge in [0.25, 0.3) is 5.91 Å². The molecule has 0 radical (unpaired) electrons. The first-order chi connectivity index (χ1) is 11.1. The van der Waals surface area contributed by atoms with Crippen LogP contribution in [0.1, 0.15) is 24.2 Å². The highest BCUT2D eigenvalue weighted by atomic mass is 16.6. The van der Waals surface area contributed by atoms with Gasteiger partial charge in [-0.3, -0.25) is 4.79 Å². The number of fused-ring (bicyclic) bond motifs is 1. The zero-order valence-corrected chi connectivity index (χ0v) is 13.7. The molecule has 23 heavy (non-hydrogen) atoms. The van der Waals surface area contributed by atoms with Gasteiger partial charge in [-0.25, -0.2) is 0 Å². The molecule has 1 fully saturated rings. The Bertz CT molecular complexity index is 672. The van der Waals surface area contributed by atoms with Crippen molar-refractivity contribution in [2.24, 2.45) is 5.92 Å². The Hall–Kier alpha value is -1.85.